The third-order valence-corrected chi connectivity index (χ3v) is 5.40. The second kappa shape index (κ2) is 47.6. The number of aliphatic hydroxyl groups is 1. The molecule has 1 aromatic carbocycles. The first kappa shape index (κ1) is 53.7. The zero-order valence-corrected chi connectivity index (χ0v) is 31.7. The van der Waals surface area contributed by atoms with Crippen LogP contribution in [0.4, 0.5) is 8.78 Å². The molecule has 0 radical (unpaired) electrons. The Bertz CT molecular complexity index is 970. The number of hydrogen-bond donors (Lipinski definition) is 2. The molecule has 6 heteroatoms. The summed E-state index contributed by atoms with van der Waals surface area (Å²) >= 11 is 0. The minimum Gasteiger partial charge on any atom is -0.493 e. The number of nitrogens with one attached hydrogen (secondary N) is 1. The summed E-state index contributed by atoms with van der Waals surface area (Å²) in [6.45, 7) is 25.6. The number of benzene rings is 1. The molecule has 4 nitrogen and oxygen atoms in total. The third kappa shape index (κ3) is 40.2. The highest BCUT2D eigenvalue weighted by Gasteiger charge is 2.07. The van der Waals surface area contributed by atoms with Crippen molar-refractivity contribution < 1.29 is 23.4 Å². The number of ether oxygens (including phenoxy) is 2. The first-order valence-electron chi connectivity index (χ1n) is 17.2. The molecule has 0 saturated heterocycles. The van der Waals surface area contributed by atoms with Gasteiger partial charge in [0.05, 0.1) is 19.5 Å². The Balaban J connectivity index is -0.000000211. The second-order valence-electron chi connectivity index (χ2n) is 9.40. The molecule has 0 aliphatic carbocycles. The van der Waals surface area contributed by atoms with Gasteiger partial charge in [-0.05, 0) is 100 Å². The predicted molar refractivity (Wildman–Crippen MR) is 209 cm³/mol. The molecule has 48 heavy (non-hydrogen) atoms. The molecule has 1 rings (SSSR count). The molecule has 0 aliphatic rings. The van der Waals surface area contributed by atoms with Crippen molar-refractivity contribution >= 4 is 0 Å². The lowest BCUT2D eigenvalue weighted by atomic mass is 9.99. The van der Waals surface area contributed by atoms with Crippen LogP contribution in [0, 0.1) is 24.6 Å². The van der Waals surface area contributed by atoms with Crippen molar-refractivity contribution in [3.05, 3.63) is 116 Å². The Morgan fingerprint density at radius 1 is 0.958 bits per heavy atom. The molecule has 0 spiro atoms. The minimum absolute atomic E-state index is 0.0329. The fourth-order valence-corrected chi connectivity index (χ4v) is 3.52. The predicted octanol–water partition coefficient (Wildman–Crippen LogP) is 12.2. The Morgan fingerprint density at radius 2 is 1.52 bits per heavy atom. The average Bonchev–Trinajstić information content (AvgIpc) is 3.11. The van der Waals surface area contributed by atoms with Gasteiger partial charge in [-0.2, -0.15) is 0 Å². The van der Waals surface area contributed by atoms with Gasteiger partial charge in [0.15, 0.2) is 0 Å². The third-order valence-electron chi connectivity index (χ3n) is 5.40. The molecule has 0 aliphatic heterocycles. The van der Waals surface area contributed by atoms with Gasteiger partial charge in [0.2, 0.25) is 0 Å². The SMILES string of the molecule is C#C.C=C/C=C(\C=C\CO)OCC(CCC)CCC.C=CC.CC.CC.CC/C=C\C(=C/CF)NC(C)C/C=C/Oc1ccc(F)cc1. The molecule has 274 valence electrons. The first-order chi connectivity index (χ1) is 23.3. The Morgan fingerprint density at radius 3 is 1.98 bits per heavy atom. The number of aliphatic hydroxyl groups excluding tert-OH is 1. The molecule has 0 amide bonds. The van der Waals surface area contributed by atoms with Crippen LogP contribution < -0.4 is 10.1 Å². The number of terminal acetylenes is 1. The lowest BCUT2D eigenvalue weighted by molar-refractivity contribution is 0.162. The van der Waals surface area contributed by atoms with Crippen LogP contribution in [0.2, 0.25) is 0 Å². The van der Waals surface area contributed by atoms with E-state index in [1.54, 1.807) is 42.7 Å². The number of alkyl halides is 1. The Kier molecular flexibility index (Phi) is 53.2. The van der Waals surface area contributed by atoms with Gasteiger partial charge in [0.1, 0.15) is 24.0 Å². The summed E-state index contributed by atoms with van der Waals surface area (Å²) in [5.41, 5.74) is 0.782. The molecule has 0 saturated carbocycles. The summed E-state index contributed by atoms with van der Waals surface area (Å²) in [4.78, 5) is 0. The summed E-state index contributed by atoms with van der Waals surface area (Å²) in [6.07, 6.45) is 32.0. The maximum absolute atomic E-state index is 12.7. The molecule has 0 bridgehead atoms. The molecule has 1 atom stereocenters. The molecule has 0 heterocycles. The molecule has 1 unspecified atom stereocenters. The smallest absolute Gasteiger partial charge is 0.126 e. The van der Waals surface area contributed by atoms with Crippen LogP contribution in [0.1, 0.15) is 101 Å². The van der Waals surface area contributed by atoms with E-state index in [1.807, 2.05) is 72.8 Å². The normalized spacial score (nSPS) is 11.2. The molecular weight excluding hydrogens is 604 g/mol. The van der Waals surface area contributed by atoms with Crippen molar-refractivity contribution in [3.63, 3.8) is 0 Å². The molecular formula is C42H69F2NO3. The zero-order valence-electron chi connectivity index (χ0n) is 31.7. The highest BCUT2D eigenvalue weighted by atomic mass is 19.1. The van der Waals surface area contributed by atoms with E-state index < -0.39 is 6.67 Å². The molecule has 1 aromatic rings. The fourth-order valence-electron chi connectivity index (χ4n) is 3.52. The average molecular weight is 674 g/mol. The monoisotopic (exact) mass is 674 g/mol. The van der Waals surface area contributed by atoms with Gasteiger partial charge in [0, 0.05) is 11.7 Å². The fraction of sp³-hybridized carbons (Fsp3) is 0.476. The van der Waals surface area contributed by atoms with Gasteiger partial charge >= 0.3 is 0 Å². The zero-order chi connectivity index (χ0) is 37.8. The minimum atomic E-state index is -0.493. The van der Waals surface area contributed by atoms with Gasteiger partial charge in [-0.15, -0.1) is 19.4 Å². The number of allylic oxidation sites excluding steroid dienone is 7. The summed E-state index contributed by atoms with van der Waals surface area (Å²) in [5.74, 6) is 1.69. The van der Waals surface area contributed by atoms with E-state index in [1.165, 1.54) is 43.9 Å². The van der Waals surface area contributed by atoms with Crippen LogP contribution >= 0.6 is 0 Å². The summed E-state index contributed by atoms with van der Waals surface area (Å²) in [5, 5.41) is 12.0. The van der Waals surface area contributed by atoms with E-state index in [0.29, 0.717) is 11.7 Å². The maximum Gasteiger partial charge on any atom is 0.126 e. The highest BCUT2D eigenvalue weighted by Crippen LogP contribution is 2.16. The van der Waals surface area contributed by atoms with Crippen LogP contribution in [0.25, 0.3) is 0 Å². The number of hydrogen-bond acceptors (Lipinski definition) is 4. The van der Waals surface area contributed by atoms with Gasteiger partial charge < -0.3 is 19.9 Å². The highest BCUT2D eigenvalue weighted by molar-refractivity contribution is 5.23. The van der Waals surface area contributed by atoms with Crippen molar-refractivity contribution in [1.29, 1.82) is 0 Å². The van der Waals surface area contributed by atoms with Crippen LogP contribution in [-0.2, 0) is 4.74 Å². The van der Waals surface area contributed by atoms with E-state index in [4.69, 9.17) is 14.6 Å². The van der Waals surface area contributed by atoms with Crippen LogP contribution in [-0.4, -0.2) is 31.0 Å². The van der Waals surface area contributed by atoms with Gasteiger partial charge in [-0.3, -0.25) is 0 Å². The van der Waals surface area contributed by atoms with Crippen molar-refractivity contribution in [1.82, 2.24) is 5.32 Å². The summed E-state index contributed by atoms with van der Waals surface area (Å²) < 4.78 is 36.3. The van der Waals surface area contributed by atoms with Crippen LogP contribution in [0.5, 0.6) is 5.75 Å². The molecule has 0 aromatic heterocycles. The summed E-state index contributed by atoms with van der Waals surface area (Å²) in [6, 6.07) is 5.98. The molecule has 2 N–H and O–H groups in total. The molecule has 0 fully saturated rings. The topological polar surface area (TPSA) is 50.7 Å². The maximum atomic E-state index is 12.7. The van der Waals surface area contributed by atoms with Crippen molar-refractivity contribution in [3.8, 4) is 18.6 Å². The van der Waals surface area contributed by atoms with E-state index in [2.05, 4.69) is 45.2 Å². The van der Waals surface area contributed by atoms with E-state index >= 15 is 0 Å². The van der Waals surface area contributed by atoms with Crippen molar-refractivity contribution in [2.24, 2.45) is 5.92 Å². The van der Waals surface area contributed by atoms with E-state index in [-0.39, 0.29) is 18.5 Å². The Labute approximate surface area is 295 Å². The van der Waals surface area contributed by atoms with Gasteiger partial charge in [-0.1, -0.05) is 92.2 Å². The standard InChI is InChI=1S/C18H23F2NO.C15H26O2.C3H6.2C2H6.C2H2/c1-3-4-7-17(12-13-19)21-15(2)6-5-14-22-18-10-8-16(20)9-11-18;1-4-8-14(9-5-2)13-17-15(10-6-3)11-7-12-16;1-3-2;3*1-2/h4-5,7-12,14-15,21H,3,6,13H2,1-2H3;6-7,10-11,14,16H,3-5,8-9,12-13H2,1-2H3;3H,1H2,2H3;2*1-2H3;1-2H/b7-4-,14-5+,17-12+;11-7+,15-10+;;;;. The van der Waals surface area contributed by atoms with Crippen LogP contribution in [0.3, 0.4) is 0 Å². The number of rotatable bonds is 19. The van der Waals surface area contributed by atoms with E-state index in [0.717, 1.165) is 30.9 Å². The van der Waals surface area contributed by atoms with Crippen molar-refractivity contribution in [2.45, 2.75) is 107 Å². The quantitative estimate of drug-likeness (QED) is 0.0664. The first-order valence-corrected chi connectivity index (χ1v) is 17.2. The van der Waals surface area contributed by atoms with E-state index in [9.17, 15) is 8.78 Å². The van der Waals surface area contributed by atoms with Gasteiger partial charge in [-0.25, -0.2) is 8.78 Å². The lowest BCUT2D eigenvalue weighted by Gasteiger charge is -2.16. The lowest BCUT2D eigenvalue weighted by Crippen LogP contribution is -2.24. The number of halogens is 2. The van der Waals surface area contributed by atoms with Crippen molar-refractivity contribution in [2.75, 3.05) is 19.9 Å². The summed E-state index contributed by atoms with van der Waals surface area (Å²) in [7, 11) is 0. The Hall–Kier alpha value is -3.82. The largest absolute Gasteiger partial charge is 0.493 e. The second-order valence-corrected chi connectivity index (χ2v) is 9.40. The van der Waals surface area contributed by atoms with Gasteiger partial charge in [0.25, 0.3) is 0 Å². The van der Waals surface area contributed by atoms with Crippen LogP contribution in [0.15, 0.2) is 110 Å².